The van der Waals surface area contributed by atoms with Crippen LogP contribution in [0.3, 0.4) is 0 Å². The van der Waals surface area contributed by atoms with Crippen molar-refractivity contribution in [3.8, 4) is 0 Å². The highest BCUT2D eigenvalue weighted by Crippen LogP contribution is 2.30. The predicted octanol–water partition coefficient (Wildman–Crippen LogP) is 3.13. The first-order chi connectivity index (χ1) is 11.1. The highest BCUT2D eigenvalue weighted by Gasteiger charge is 2.26. The maximum absolute atomic E-state index is 12.5. The van der Waals surface area contributed by atoms with Gasteiger partial charge in [-0.3, -0.25) is 9.59 Å². The van der Waals surface area contributed by atoms with Gasteiger partial charge in [0.05, 0.1) is 6.61 Å². The second-order valence-electron chi connectivity index (χ2n) is 6.34. The molecule has 23 heavy (non-hydrogen) atoms. The number of carbonyl (C=O) groups is 2. The van der Waals surface area contributed by atoms with Gasteiger partial charge in [-0.25, -0.2) is 0 Å². The number of rotatable bonds is 7. The van der Waals surface area contributed by atoms with E-state index in [0.717, 1.165) is 43.4 Å². The van der Waals surface area contributed by atoms with Crippen molar-refractivity contribution in [1.29, 1.82) is 0 Å². The highest BCUT2D eigenvalue weighted by atomic mass is 16.5. The van der Waals surface area contributed by atoms with Crippen LogP contribution >= 0.6 is 0 Å². The second kappa shape index (κ2) is 8.82. The Morgan fingerprint density at radius 2 is 1.78 bits per heavy atom. The number of carbonyl (C=O) groups excluding carboxylic acids is 2. The van der Waals surface area contributed by atoms with Crippen LogP contribution in [-0.4, -0.2) is 24.9 Å². The van der Waals surface area contributed by atoms with Crippen LogP contribution in [0.25, 0.3) is 0 Å². The fourth-order valence-corrected chi connectivity index (χ4v) is 3.12. The van der Waals surface area contributed by atoms with Crippen LogP contribution in [0.5, 0.6) is 0 Å². The van der Waals surface area contributed by atoms with Crippen LogP contribution in [0.4, 0.5) is 0 Å². The van der Waals surface area contributed by atoms with Crippen molar-refractivity contribution in [3.63, 3.8) is 0 Å². The minimum Gasteiger partial charge on any atom is -0.465 e. The number of esters is 1. The zero-order chi connectivity index (χ0) is 16.7. The van der Waals surface area contributed by atoms with E-state index in [9.17, 15) is 9.59 Å². The summed E-state index contributed by atoms with van der Waals surface area (Å²) in [4.78, 5) is 23.6. The quantitative estimate of drug-likeness (QED) is 0.619. The van der Waals surface area contributed by atoms with Crippen LogP contribution in [-0.2, 0) is 16.0 Å². The minimum atomic E-state index is -0.176. The van der Waals surface area contributed by atoms with Gasteiger partial charge in [0.2, 0.25) is 0 Å². The van der Waals surface area contributed by atoms with E-state index in [1.807, 2.05) is 24.3 Å². The standard InChI is InChI=1S/C19H27NO3/c1-2-18(21)23-12-11-14-3-7-16(8-4-14)19(22)17-9-5-15(13-20)6-10-17/h3-4,7-8,15,17H,2,5-6,9-13,20H2,1H3. The molecule has 1 saturated carbocycles. The van der Waals surface area contributed by atoms with Gasteiger partial charge < -0.3 is 10.5 Å². The average Bonchev–Trinajstić information content (AvgIpc) is 2.61. The topological polar surface area (TPSA) is 69.4 Å². The molecule has 0 aliphatic heterocycles. The normalized spacial score (nSPS) is 21.0. The summed E-state index contributed by atoms with van der Waals surface area (Å²) < 4.78 is 5.07. The third-order valence-corrected chi connectivity index (χ3v) is 4.73. The van der Waals surface area contributed by atoms with E-state index >= 15 is 0 Å². The van der Waals surface area contributed by atoms with E-state index in [0.29, 0.717) is 25.4 Å². The molecule has 0 amide bonds. The van der Waals surface area contributed by atoms with Crippen LogP contribution in [0.2, 0.25) is 0 Å². The zero-order valence-corrected chi connectivity index (χ0v) is 13.9. The Kier molecular flexibility index (Phi) is 6.78. The van der Waals surface area contributed by atoms with Gasteiger partial charge in [0.1, 0.15) is 0 Å². The van der Waals surface area contributed by atoms with E-state index in [1.165, 1.54) is 0 Å². The summed E-state index contributed by atoms with van der Waals surface area (Å²) in [5.74, 6) is 0.815. The van der Waals surface area contributed by atoms with Crippen LogP contribution in [0.1, 0.15) is 54.9 Å². The molecule has 0 atom stereocenters. The van der Waals surface area contributed by atoms with Crippen molar-refractivity contribution in [2.75, 3.05) is 13.2 Å². The molecule has 1 aliphatic carbocycles. The van der Waals surface area contributed by atoms with Crippen molar-refractivity contribution < 1.29 is 14.3 Å². The van der Waals surface area contributed by atoms with E-state index in [1.54, 1.807) is 6.92 Å². The molecule has 0 aromatic heterocycles. The number of hydrogen-bond donors (Lipinski definition) is 1. The van der Waals surface area contributed by atoms with Gasteiger partial charge in [-0.2, -0.15) is 0 Å². The summed E-state index contributed by atoms with van der Waals surface area (Å²) >= 11 is 0. The van der Waals surface area contributed by atoms with Gasteiger partial charge in [-0.1, -0.05) is 31.2 Å². The Morgan fingerprint density at radius 1 is 1.13 bits per heavy atom. The van der Waals surface area contributed by atoms with Crippen molar-refractivity contribution in [1.82, 2.24) is 0 Å². The molecule has 0 saturated heterocycles. The fourth-order valence-electron chi connectivity index (χ4n) is 3.12. The highest BCUT2D eigenvalue weighted by molar-refractivity contribution is 5.97. The molecule has 126 valence electrons. The van der Waals surface area contributed by atoms with Gasteiger partial charge in [0.25, 0.3) is 0 Å². The van der Waals surface area contributed by atoms with Crippen LogP contribution in [0, 0.1) is 11.8 Å². The van der Waals surface area contributed by atoms with E-state index in [-0.39, 0.29) is 17.7 Å². The zero-order valence-electron chi connectivity index (χ0n) is 13.9. The Balaban J connectivity index is 1.84. The monoisotopic (exact) mass is 317 g/mol. The number of ketones is 1. The lowest BCUT2D eigenvalue weighted by Gasteiger charge is -2.26. The summed E-state index contributed by atoms with van der Waals surface area (Å²) in [5, 5.41) is 0. The third-order valence-electron chi connectivity index (χ3n) is 4.73. The molecule has 0 heterocycles. The average molecular weight is 317 g/mol. The first-order valence-electron chi connectivity index (χ1n) is 8.62. The van der Waals surface area contributed by atoms with E-state index in [2.05, 4.69) is 0 Å². The third kappa shape index (κ3) is 5.17. The molecule has 4 nitrogen and oxygen atoms in total. The fraction of sp³-hybridized carbons (Fsp3) is 0.579. The van der Waals surface area contributed by atoms with Gasteiger partial charge in [-0.15, -0.1) is 0 Å². The number of ether oxygens (including phenoxy) is 1. The van der Waals surface area contributed by atoms with E-state index in [4.69, 9.17) is 10.5 Å². The van der Waals surface area contributed by atoms with Crippen molar-refractivity contribution in [3.05, 3.63) is 35.4 Å². The van der Waals surface area contributed by atoms with Gasteiger partial charge >= 0.3 is 5.97 Å². The molecule has 0 unspecified atom stereocenters. The number of nitrogens with two attached hydrogens (primary N) is 1. The lowest BCUT2D eigenvalue weighted by molar-refractivity contribution is -0.143. The summed E-state index contributed by atoms with van der Waals surface area (Å²) in [5.41, 5.74) is 7.57. The molecule has 2 N–H and O–H groups in total. The molecular weight excluding hydrogens is 290 g/mol. The molecule has 0 spiro atoms. The second-order valence-corrected chi connectivity index (χ2v) is 6.34. The number of Topliss-reactive ketones (excluding diaryl/α,β-unsaturated/α-hetero) is 1. The maximum atomic E-state index is 12.5. The van der Waals surface area contributed by atoms with E-state index < -0.39 is 0 Å². The first kappa shape index (κ1) is 17.7. The smallest absolute Gasteiger partial charge is 0.305 e. The lowest BCUT2D eigenvalue weighted by atomic mass is 9.78. The Labute approximate surface area is 138 Å². The van der Waals surface area contributed by atoms with Gasteiger partial charge in [-0.05, 0) is 43.7 Å². The molecule has 4 heteroatoms. The van der Waals surface area contributed by atoms with Gasteiger partial charge in [0.15, 0.2) is 5.78 Å². The minimum absolute atomic E-state index is 0.147. The SMILES string of the molecule is CCC(=O)OCCc1ccc(C(=O)C2CCC(CN)CC2)cc1. The van der Waals surface area contributed by atoms with Gasteiger partial charge in [0, 0.05) is 24.3 Å². The Morgan fingerprint density at radius 3 is 2.35 bits per heavy atom. The number of hydrogen-bond acceptors (Lipinski definition) is 4. The largest absolute Gasteiger partial charge is 0.465 e. The van der Waals surface area contributed by atoms with Crippen LogP contribution < -0.4 is 5.73 Å². The lowest BCUT2D eigenvalue weighted by Crippen LogP contribution is -2.25. The summed E-state index contributed by atoms with van der Waals surface area (Å²) in [6.45, 7) is 2.91. The molecule has 2 rings (SSSR count). The maximum Gasteiger partial charge on any atom is 0.305 e. The Hall–Kier alpha value is -1.68. The van der Waals surface area contributed by atoms with Crippen molar-refractivity contribution in [2.45, 2.75) is 45.4 Å². The first-order valence-corrected chi connectivity index (χ1v) is 8.62. The molecule has 1 fully saturated rings. The molecule has 1 aliphatic rings. The Bertz CT molecular complexity index is 516. The van der Waals surface area contributed by atoms with Crippen LogP contribution in [0.15, 0.2) is 24.3 Å². The summed E-state index contributed by atoms with van der Waals surface area (Å²) in [6.07, 6.45) is 5.12. The molecule has 1 aromatic rings. The predicted molar refractivity (Wildman–Crippen MR) is 90.2 cm³/mol. The summed E-state index contributed by atoms with van der Waals surface area (Å²) in [6, 6.07) is 7.71. The van der Waals surface area contributed by atoms with Crippen molar-refractivity contribution >= 4 is 11.8 Å². The van der Waals surface area contributed by atoms with Crippen molar-refractivity contribution in [2.24, 2.45) is 17.6 Å². The molecule has 1 aromatic carbocycles. The summed E-state index contributed by atoms with van der Waals surface area (Å²) in [7, 11) is 0. The molecular formula is C19H27NO3. The molecule has 0 bridgehead atoms. The molecule has 0 radical (unpaired) electrons. The number of benzene rings is 1.